The monoisotopic (exact) mass is 367 g/mol. The number of hydrogen-bond acceptors (Lipinski definition) is 6. The van der Waals surface area contributed by atoms with Gasteiger partial charge in [0.2, 0.25) is 0 Å². The zero-order chi connectivity index (χ0) is 18.5. The molecule has 0 radical (unpaired) electrons. The highest BCUT2D eigenvalue weighted by molar-refractivity contribution is 5.97. The third-order valence-electron chi connectivity index (χ3n) is 5.43. The topological polar surface area (TPSA) is 96.7 Å². The van der Waals surface area contributed by atoms with Gasteiger partial charge in [-0.15, -0.1) is 0 Å². The Bertz CT molecular complexity index is 980. The van der Waals surface area contributed by atoms with Gasteiger partial charge in [-0.3, -0.25) is 0 Å². The Balaban J connectivity index is 1.72. The van der Waals surface area contributed by atoms with Gasteiger partial charge >= 0.3 is 0 Å². The third kappa shape index (κ3) is 2.79. The van der Waals surface area contributed by atoms with Crippen LogP contribution < -0.4 is 5.73 Å². The summed E-state index contributed by atoms with van der Waals surface area (Å²) in [5.74, 6) is 1.01. The average molecular weight is 367 g/mol. The van der Waals surface area contributed by atoms with Gasteiger partial charge < -0.3 is 10.5 Å². The van der Waals surface area contributed by atoms with Crippen LogP contribution in [0.2, 0.25) is 0 Å². The van der Waals surface area contributed by atoms with Gasteiger partial charge in [0.1, 0.15) is 17.8 Å². The highest BCUT2D eigenvalue weighted by atomic mass is 16.5. The van der Waals surface area contributed by atoms with Crippen molar-refractivity contribution >= 4 is 16.9 Å². The molecule has 8 heteroatoms. The standard InChI is InChI=1S/C19H25N7O/c1-11(2)25-19-16(18(20)21-10-22-19)17(24-25)14-9-13(12-6-7-12)23-26(14)15-5-3-4-8-27-15/h9-12,15H,3-8H2,1-2H3,(H2,20,21,22). The number of nitrogen functional groups attached to an aromatic ring is 1. The van der Waals surface area contributed by atoms with Crippen molar-refractivity contribution in [1.29, 1.82) is 0 Å². The number of hydrogen-bond donors (Lipinski definition) is 1. The van der Waals surface area contributed by atoms with Crippen molar-refractivity contribution in [3.63, 3.8) is 0 Å². The third-order valence-corrected chi connectivity index (χ3v) is 5.43. The molecule has 0 spiro atoms. The fraction of sp³-hybridized carbons (Fsp3) is 0.579. The minimum atomic E-state index is -0.0497. The van der Waals surface area contributed by atoms with E-state index in [0.29, 0.717) is 11.7 Å². The number of aromatic nitrogens is 6. The molecule has 4 heterocycles. The van der Waals surface area contributed by atoms with Gasteiger partial charge in [-0.1, -0.05) is 0 Å². The van der Waals surface area contributed by atoms with Crippen molar-refractivity contribution in [2.24, 2.45) is 0 Å². The van der Waals surface area contributed by atoms with E-state index in [1.54, 1.807) is 0 Å². The summed E-state index contributed by atoms with van der Waals surface area (Å²) in [7, 11) is 0. The van der Waals surface area contributed by atoms with E-state index in [1.807, 2.05) is 9.36 Å². The van der Waals surface area contributed by atoms with Crippen LogP contribution in [0.1, 0.15) is 69.8 Å². The van der Waals surface area contributed by atoms with Crippen molar-refractivity contribution < 1.29 is 4.74 Å². The van der Waals surface area contributed by atoms with Gasteiger partial charge in [-0.2, -0.15) is 10.2 Å². The fourth-order valence-electron chi connectivity index (χ4n) is 3.84. The normalized spacial score (nSPS) is 20.6. The SMILES string of the molecule is CC(C)n1nc(-c2cc(C3CC3)nn2C2CCCCO2)c2c(N)ncnc21. The molecule has 1 aliphatic carbocycles. The number of rotatable bonds is 4. The van der Waals surface area contributed by atoms with E-state index >= 15 is 0 Å². The molecule has 1 saturated carbocycles. The van der Waals surface area contributed by atoms with E-state index < -0.39 is 0 Å². The van der Waals surface area contributed by atoms with Gasteiger partial charge in [0.15, 0.2) is 11.9 Å². The Kier molecular flexibility index (Phi) is 3.89. The number of anilines is 1. The predicted octanol–water partition coefficient (Wildman–Crippen LogP) is 3.43. The van der Waals surface area contributed by atoms with E-state index in [9.17, 15) is 0 Å². The molecule has 3 aromatic rings. The van der Waals surface area contributed by atoms with Crippen molar-refractivity contribution in [2.45, 2.75) is 64.1 Å². The molecule has 1 atom stereocenters. The molecule has 0 amide bonds. The van der Waals surface area contributed by atoms with Crippen LogP contribution in [0.3, 0.4) is 0 Å². The fourth-order valence-corrected chi connectivity index (χ4v) is 3.84. The largest absolute Gasteiger partial charge is 0.383 e. The molecular formula is C19H25N7O. The zero-order valence-corrected chi connectivity index (χ0v) is 15.8. The van der Waals surface area contributed by atoms with E-state index in [0.717, 1.165) is 54.0 Å². The first-order valence-electron chi connectivity index (χ1n) is 9.83. The van der Waals surface area contributed by atoms with E-state index in [4.69, 9.17) is 20.7 Å². The highest BCUT2D eigenvalue weighted by Gasteiger charge is 2.31. The number of ether oxygens (including phenoxy) is 1. The van der Waals surface area contributed by atoms with Gasteiger partial charge in [-0.25, -0.2) is 19.3 Å². The van der Waals surface area contributed by atoms with Crippen LogP contribution in [-0.4, -0.2) is 36.1 Å². The lowest BCUT2D eigenvalue weighted by atomic mass is 10.1. The maximum atomic E-state index is 6.25. The second kappa shape index (κ2) is 6.30. The summed E-state index contributed by atoms with van der Waals surface area (Å²) in [6, 6.07) is 2.33. The van der Waals surface area contributed by atoms with E-state index in [-0.39, 0.29) is 12.3 Å². The summed E-state index contributed by atoms with van der Waals surface area (Å²) < 4.78 is 9.97. The molecule has 142 valence electrons. The van der Waals surface area contributed by atoms with Crippen LogP contribution >= 0.6 is 0 Å². The Morgan fingerprint density at radius 3 is 2.70 bits per heavy atom. The van der Waals surface area contributed by atoms with Crippen LogP contribution in [0.4, 0.5) is 5.82 Å². The minimum absolute atomic E-state index is 0.0497. The van der Waals surface area contributed by atoms with Crippen molar-refractivity contribution in [1.82, 2.24) is 29.5 Å². The van der Waals surface area contributed by atoms with Crippen LogP contribution in [0.5, 0.6) is 0 Å². The Hall–Kier alpha value is -2.48. The minimum Gasteiger partial charge on any atom is -0.383 e. The smallest absolute Gasteiger partial charge is 0.164 e. The lowest BCUT2D eigenvalue weighted by molar-refractivity contribution is -0.0385. The molecule has 2 N–H and O–H groups in total. The van der Waals surface area contributed by atoms with Crippen LogP contribution in [0.15, 0.2) is 12.4 Å². The first kappa shape index (κ1) is 16.7. The molecule has 2 fully saturated rings. The summed E-state index contributed by atoms with van der Waals surface area (Å²) in [5, 5.41) is 10.6. The molecule has 1 saturated heterocycles. The van der Waals surface area contributed by atoms with Crippen molar-refractivity contribution in [3.05, 3.63) is 18.1 Å². The summed E-state index contributed by atoms with van der Waals surface area (Å²) in [6.07, 6.45) is 7.07. The lowest BCUT2D eigenvalue weighted by Gasteiger charge is -2.24. The van der Waals surface area contributed by atoms with Crippen LogP contribution in [0.25, 0.3) is 22.4 Å². The first-order chi connectivity index (χ1) is 13.1. The van der Waals surface area contributed by atoms with Crippen molar-refractivity contribution in [2.75, 3.05) is 12.3 Å². The first-order valence-corrected chi connectivity index (χ1v) is 9.83. The summed E-state index contributed by atoms with van der Waals surface area (Å²) in [5.41, 5.74) is 9.89. The molecule has 0 aromatic carbocycles. The molecule has 1 unspecified atom stereocenters. The molecule has 3 aromatic heterocycles. The Morgan fingerprint density at radius 2 is 2.00 bits per heavy atom. The van der Waals surface area contributed by atoms with Crippen molar-refractivity contribution in [3.8, 4) is 11.4 Å². The van der Waals surface area contributed by atoms with Gasteiger partial charge in [0, 0.05) is 18.6 Å². The molecule has 8 nitrogen and oxygen atoms in total. The Morgan fingerprint density at radius 1 is 1.15 bits per heavy atom. The summed E-state index contributed by atoms with van der Waals surface area (Å²) >= 11 is 0. The molecule has 1 aliphatic heterocycles. The van der Waals surface area contributed by atoms with Gasteiger partial charge in [0.25, 0.3) is 0 Å². The lowest BCUT2D eigenvalue weighted by Crippen LogP contribution is -2.20. The number of fused-ring (bicyclic) bond motifs is 1. The molecule has 5 rings (SSSR count). The maximum Gasteiger partial charge on any atom is 0.164 e. The van der Waals surface area contributed by atoms with Crippen LogP contribution in [0, 0.1) is 0 Å². The second-order valence-electron chi connectivity index (χ2n) is 7.84. The van der Waals surface area contributed by atoms with Gasteiger partial charge in [0.05, 0.1) is 16.8 Å². The maximum absolute atomic E-state index is 6.25. The van der Waals surface area contributed by atoms with Gasteiger partial charge in [-0.05, 0) is 52.0 Å². The quantitative estimate of drug-likeness (QED) is 0.759. The second-order valence-corrected chi connectivity index (χ2v) is 7.84. The van der Waals surface area contributed by atoms with E-state index in [2.05, 4.69) is 29.9 Å². The zero-order valence-electron chi connectivity index (χ0n) is 15.8. The van der Waals surface area contributed by atoms with E-state index in [1.165, 1.54) is 19.2 Å². The Labute approximate surface area is 157 Å². The molecule has 2 aliphatic rings. The predicted molar refractivity (Wildman–Crippen MR) is 102 cm³/mol. The average Bonchev–Trinajstić information content (AvgIpc) is 3.30. The molecule has 0 bridgehead atoms. The number of nitrogens with two attached hydrogens (primary N) is 1. The highest BCUT2D eigenvalue weighted by Crippen LogP contribution is 2.42. The molecule has 27 heavy (non-hydrogen) atoms. The number of nitrogens with zero attached hydrogens (tertiary/aromatic N) is 6. The summed E-state index contributed by atoms with van der Waals surface area (Å²) in [6.45, 7) is 4.95. The van der Waals surface area contributed by atoms with Crippen LogP contribution in [-0.2, 0) is 4.74 Å². The summed E-state index contributed by atoms with van der Waals surface area (Å²) in [4.78, 5) is 8.67. The molecular weight excluding hydrogens is 342 g/mol.